The van der Waals surface area contributed by atoms with E-state index in [1.54, 1.807) is 0 Å². The third-order valence-corrected chi connectivity index (χ3v) is 4.12. The second-order valence-corrected chi connectivity index (χ2v) is 5.86. The number of nitrogens with zero attached hydrogens (tertiary/aromatic N) is 1. The zero-order valence-corrected chi connectivity index (χ0v) is 13.7. The van der Waals surface area contributed by atoms with Crippen LogP contribution in [0.2, 0.25) is 0 Å². The van der Waals surface area contributed by atoms with Crippen molar-refractivity contribution in [2.24, 2.45) is 4.99 Å². The van der Waals surface area contributed by atoms with Gasteiger partial charge >= 0.3 is 5.63 Å². The normalized spacial score (nSPS) is 11.7. The Kier molecular flexibility index (Phi) is 4.48. The average molecular weight is 324 g/mol. The lowest BCUT2D eigenvalue weighted by atomic mass is 10.1. The number of aliphatic imine (C=N–C) groups is 1. The second kappa shape index (κ2) is 6.71. The molecule has 3 rings (SSSR count). The smallest absolute Gasteiger partial charge is 0.338 e. The van der Waals surface area contributed by atoms with Crippen LogP contribution >= 0.6 is 11.8 Å². The summed E-state index contributed by atoms with van der Waals surface area (Å²) in [5, 5.41) is 3.35. The lowest BCUT2D eigenvalue weighted by Crippen LogP contribution is -2.08. The summed E-state index contributed by atoms with van der Waals surface area (Å²) in [4.78, 5) is 16.8. The van der Waals surface area contributed by atoms with E-state index in [9.17, 15) is 4.79 Å². The van der Waals surface area contributed by atoms with E-state index >= 15 is 0 Å². The van der Waals surface area contributed by atoms with Crippen LogP contribution in [0.5, 0.6) is 0 Å². The molecule has 1 aromatic heterocycles. The highest BCUT2D eigenvalue weighted by atomic mass is 32.2. The largest absolute Gasteiger partial charge is 0.367 e. The van der Waals surface area contributed by atoms with E-state index in [0.29, 0.717) is 16.3 Å². The van der Waals surface area contributed by atoms with Gasteiger partial charge in [-0.05, 0) is 25.3 Å². The van der Waals surface area contributed by atoms with E-state index in [-0.39, 0.29) is 0 Å². The minimum absolute atomic E-state index is 0.413. The lowest BCUT2D eigenvalue weighted by Gasteiger charge is -2.04. The summed E-state index contributed by atoms with van der Waals surface area (Å²) >= 11 is 1.42. The van der Waals surface area contributed by atoms with E-state index in [2.05, 4.69) is 10.1 Å². The maximum atomic E-state index is 12.2. The van der Waals surface area contributed by atoms with E-state index < -0.39 is 5.63 Å². The molecule has 3 aromatic rings. The second-order valence-electron chi connectivity index (χ2n) is 5.06. The molecule has 1 N–H and O–H groups in total. The van der Waals surface area contributed by atoms with Crippen molar-refractivity contribution < 1.29 is 4.52 Å². The van der Waals surface area contributed by atoms with Gasteiger partial charge in [-0.3, -0.25) is 0 Å². The molecule has 116 valence electrons. The summed E-state index contributed by atoms with van der Waals surface area (Å²) < 4.78 is 5.01. The maximum Gasteiger partial charge on any atom is 0.367 e. The predicted octanol–water partition coefficient (Wildman–Crippen LogP) is 4.38. The minimum Gasteiger partial charge on any atom is -0.338 e. The molecule has 4 nitrogen and oxygen atoms in total. The van der Waals surface area contributed by atoms with Gasteiger partial charge in [-0.2, -0.15) is 0 Å². The molecule has 0 saturated carbocycles. The number of aromatic nitrogens is 1. The van der Waals surface area contributed by atoms with Crippen LogP contribution in [-0.2, 0) is 0 Å². The van der Waals surface area contributed by atoms with Gasteiger partial charge in [0.15, 0.2) is 0 Å². The number of thioether (sulfide) groups is 1. The Morgan fingerprint density at radius 1 is 1.09 bits per heavy atom. The number of H-pyrrole nitrogens is 1. The van der Waals surface area contributed by atoms with Gasteiger partial charge in [-0.1, -0.05) is 48.0 Å². The Bertz CT molecular complexity index is 877. The minimum atomic E-state index is -0.413. The molecule has 0 saturated heterocycles. The summed E-state index contributed by atoms with van der Waals surface area (Å²) in [6, 6.07) is 17.5. The molecule has 0 atom stereocenters. The third kappa shape index (κ3) is 3.29. The quantitative estimate of drug-likeness (QED) is 0.574. The first kappa shape index (κ1) is 15.4. The molecule has 0 aliphatic heterocycles. The highest BCUT2D eigenvalue weighted by molar-refractivity contribution is 8.13. The van der Waals surface area contributed by atoms with E-state index in [1.807, 2.05) is 67.8 Å². The van der Waals surface area contributed by atoms with Crippen LogP contribution in [0.1, 0.15) is 11.1 Å². The molecule has 0 spiro atoms. The summed E-state index contributed by atoms with van der Waals surface area (Å²) in [7, 11) is 0. The van der Waals surface area contributed by atoms with Crippen LogP contribution in [0.15, 0.2) is 68.9 Å². The molecule has 0 unspecified atom stereocenters. The highest BCUT2D eigenvalue weighted by Gasteiger charge is 2.19. The number of rotatable bonds is 3. The SMILES string of the molecule is CSC(=Nc1ccc(C)cc1)c1c(-c2ccccc2)[nH]oc1=O. The van der Waals surface area contributed by atoms with Crippen LogP contribution in [0.4, 0.5) is 5.69 Å². The van der Waals surface area contributed by atoms with Crippen LogP contribution in [0.25, 0.3) is 11.3 Å². The van der Waals surface area contributed by atoms with Crippen molar-refractivity contribution in [1.82, 2.24) is 5.16 Å². The van der Waals surface area contributed by atoms with E-state index in [4.69, 9.17) is 4.52 Å². The Balaban J connectivity index is 2.11. The zero-order valence-electron chi connectivity index (χ0n) is 12.9. The van der Waals surface area contributed by atoms with Crippen molar-refractivity contribution in [1.29, 1.82) is 0 Å². The molecular formula is C18H16N2O2S. The molecule has 0 amide bonds. The first-order chi connectivity index (χ1) is 11.2. The molecule has 5 heteroatoms. The molecular weight excluding hydrogens is 308 g/mol. The zero-order chi connectivity index (χ0) is 16.2. The van der Waals surface area contributed by atoms with Crippen LogP contribution < -0.4 is 5.63 Å². The van der Waals surface area contributed by atoms with Gasteiger partial charge in [-0.25, -0.2) is 14.9 Å². The van der Waals surface area contributed by atoms with E-state index in [1.165, 1.54) is 17.3 Å². The Hall–Kier alpha value is -2.53. The van der Waals surface area contributed by atoms with Gasteiger partial charge in [-0.15, -0.1) is 11.8 Å². The summed E-state index contributed by atoms with van der Waals surface area (Å²) in [6.45, 7) is 2.03. The van der Waals surface area contributed by atoms with Crippen molar-refractivity contribution in [3.05, 3.63) is 76.1 Å². The molecule has 23 heavy (non-hydrogen) atoms. The van der Waals surface area contributed by atoms with Gasteiger partial charge in [0.2, 0.25) is 0 Å². The van der Waals surface area contributed by atoms with Crippen LogP contribution in [-0.4, -0.2) is 16.5 Å². The first-order valence-electron chi connectivity index (χ1n) is 7.15. The standard InChI is InChI=1S/C18H16N2O2S/c1-12-8-10-14(11-9-12)19-17(23-2)15-16(20-22-18(15)21)13-6-4-3-5-7-13/h3-11,20H,1-2H3. The third-order valence-electron chi connectivity index (χ3n) is 3.43. The number of aromatic amines is 1. The fourth-order valence-corrected chi connectivity index (χ4v) is 2.83. The average Bonchev–Trinajstić information content (AvgIpc) is 2.97. The highest BCUT2D eigenvalue weighted by Crippen LogP contribution is 2.25. The molecule has 0 aliphatic carbocycles. The van der Waals surface area contributed by atoms with Crippen molar-refractivity contribution >= 4 is 22.5 Å². The Morgan fingerprint density at radius 2 is 1.78 bits per heavy atom. The van der Waals surface area contributed by atoms with Gasteiger partial charge in [0.25, 0.3) is 0 Å². The topological polar surface area (TPSA) is 58.4 Å². The number of nitrogens with one attached hydrogen (secondary N) is 1. The fourth-order valence-electron chi connectivity index (χ4n) is 2.24. The Labute approximate surface area is 138 Å². The van der Waals surface area contributed by atoms with Crippen molar-refractivity contribution in [3.63, 3.8) is 0 Å². The summed E-state index contributed by atoms with van der Waals surface area (Å²) in [5.41, 5.74) is 3.56. The summed E-state index contributed by atoms with van der Waals surface area (Å²) in [6.07, 6.45) is 1.90. The lowest BCUT2D eigenvalue weighted by molar-refractivity contribution is 0.393. The number of benzene rings is 2. The van der Waals surface area contributed by atoms with Crippen molar-refractivity contribution in [3.8, 4) is 11.3 Å². The van der Waals surface area contributed by atoms with E-state index in [0.717, 1.165) is 11.3 Å². The van der Waals surface area contributed by atoms with Crippen molar-refractivity contribution in [2.45, 2.75) is 6.92 Å². The molecule has 0 bridgehead atoms. The number of hydrogen-bond acceptors (Lipinski definition) is 4. The number of hydrogen-bond donors (Lipinski definition) is 1. The first-order valence-corrected chi connectivity index (χ1v) is 8.38. The monoisotopic (exact) mass is 324 g/mol. The maximum absolute atomic E-state index is 12.2. The van der Waals surface area contributed by atoms with Crippen LogP contribution in [0.3, 0.4) is 0 Å². The van der Waals surface area contributed by atoms with Gasteiger partial charge in [0.05, 0.1) is 11.4 Å². The molecule has 0 fully saturated rings. The van der Waals surface area contributed by atoms with Gasteiger partial charge < -0.3 is 4.52 Å². The summed E-state index contributed by atoms with van der Waals surface area (Å²) in [5.74, 6) is 0. The fraction of sp³-hybridized carbons (Fsp3) is 0.111. The molecule has 0 aliphatic rings. The Morgan fingerprint density at radius 3 is 2.43 bits per heavy atom. The van der Waals surface area contributed by atoms with Gasteiger partial charge in [0, 0.05) is 5.56 Å². The predicted molar refractivity (Wildman–Crippen MR) is 95.7 cm³/mol. The van der Waals surface area contributed by atoms with Crippen LogP contribution in [0, 0.1) is 6.92 Å². The molecule has 1 heterocycles. The van der Waals surface area contributed by atoms with Crippen molar-refractivity contribution in [2.75, 3.05) is 6.26 Å². The number of aryl methyl sites for hydroxylation is 1. The van der Waals surface area contributed by atoms with Gasteiger partial charge in [0.1, 0.15) is 10.6 Å². The molecule has 0 radical (unpaired) electrons. The molecule has 2 aromatic carbocycles.